The Labute approximate surface area is 116 Å². The molecular weight excluding hydrogens is 284 g/mol. The van der Waals surface area contributed by atoms with Crippen LogP contribution in [0.2, 0.25) is 0 Å². The van der Waals surface area contributed by atoms with Crippen molar-refractivity contribution >= 4 is 23.2 Å². The maximum Gasteiger partial charge on any atom is 0.355 e. The first kappa shape index (κ1) is 13.9. The SMILES string of the molecule is CC(NC(=O)c1ccc(=O)oc1)c1nc(C(=O)O)cs1. The largest absolute Gasteiger partial charge is 0.476 e. The van der Waals surface area contributed by atoms with Crippen LogP contribution in [-0.2, 0) is 0 Å². The van der Waals surface area contributed by atoms with Crippen LogP contribution in [0.25, 0.3) is 0 Å². The highest BCUT2D eigenvalue weighted by Gasteiger charge is 2.17. The molecule has 0 fully saturated rings. The van der Waals surface area contributed by atoms with E-state index in [9.17, 15) is 14.4 Å². The van der Waals surface area contributed by atoms with Gasteiger partial charge in [0.1, 0.15) is 11.3 Å². The van der Waals surface area contributed by atoms with E-state index in [2.05, 4.69) is 14.7 Å². The maximum atomic E-state index is 11.9. The third-order valence-corrected chi connectivity index (χ3v) is 3.45. The average molecular weight is 294 g/mol. The van der Waals surface area contributed by atoms with Crippen LogP contribution in [0.5, 0.6) is 0 Å². The predicted molar refractivity (Wildman–Crippen MR) is 69.9 cm³/mol. The number of amides is 1. The Morgan fingerprint density at radius 3 is 2.75 bits per heavy atom. The number of thiazole rings is 1. The fraction of sp³-hybridized carbons (Fsp3) is 0.167. The summed E-state index contributed by atoms with van der Waals surface area (Å²) in [5.41, 5.74) is -0.399. The van der Waals surface area contributed by atoms with Crippen molar-refractivity contribution in [1.29, 1.82) is 0 Å². The molecule has 0 aromatic carbocycles. The Kier molecular flexibility index (Phi) is 3.94. The molecule has 0 spiro atoms. The highest BCUT2D eigenvalue weighted by Crippen LogP contribution is 2.18. The molecule has 1 amide bonds. The molecule has 2 aromatic heterocycles. The molecule has 8 heteroatoms. The quantitative estimate of drug-likeness (QED) is 0.879. The van der Waals surface area contributed by atoms with Crippen LogP contribution in [-0.4, -0.2) is 22.0 Å². The monoisotopic (exact) mass is 294 g/mol. The van der Waals surface area contributed by atoms with Gasteiger partial charge in [-0.2, -0.15) is 0 Å². The first-order chi connectivity index (χ1) is 9.47. The van der Waals surface area contributed by atoms with Crippen LogP contribution >= 0.6 is 11.3 Å². The second-order valence-corrected chi connectivity index (χ2v) is 4.80. The van der Waals surface area contributed by atoms with Crippen LogP contribution in [0.1, 0.15) is 38.8 Å². The van der Waals surface area contributed by atoms with Gasteiger partial charge in [-0.25, -0.2) is 14.6 Å². The summed E-state index contributed by atoms with van der Waals surface area (Å²) in [7, 11) is 0. The van der Waals surface area contributed by atoms with Gasteiger partial charge in [-0.15, -0.1) is 11.3 Å². The van der Waals surface area contributed by atoms with Crippen LogP contribution in [0.4, 0.5) is 0 Å². The normalized spacial score (nSPS) is 11.8. The first-order valence-electron chi connectivity index (χ1n) is 5.56. The lowest BCUT2D eigenvalue weighted by Gasteiger charge is -2.10. The van der Waals surface area contributed by atoms with Gasteiger partial charge < -0.3 is 14.8 Å². The van der Waals surface area contributed by atoms with Crippen LogP contribution in [0.3, 0.4) is 0 Å². The predicted octanol–water partition coefficient (Wildman–Crippen LogP) is 1.29. The zero-order valence-electron chi connectivity index (χ0n) is 10.3. The summed E-state index contributed by atoms with van der Waals surface area (Å²) in [5.74, 6) is -1.55. The van der Waals surface area contributed by atoms with Crippen LogP contribution < -0.4 is 10.9 Å². The lowest BCUT2D eigenvalue weighted by atomic mass is 10.2. The van der Waals surface area contributed by atoms with E-state index in [4.69, 9.17) is 5.11 Å². The van der Waals surface area contributed by atoms with Gasteiger partial charge in [0.05, 0.1) is 11.6 Å². The summed E-state index contributed by atoms with van der Waals surface area (Å²) in [4.78, 5) is 37.3. The summed E-state index contributed by atoms with van der Waals surface area (Å²) in [6.45, 7) is 1.68. The Morgan fingerprint density at radius 2 is 2.20 bits per heavy atom. The molecule has 20 heavy (non-hydrogen) atoms. The van der Waals surface area contributed by atoms with E-state index in [1.165, 1.54) is 11.4 Å². The molecule has 2 aromatic rings. The highest BCUT2D eigenvalue weighted by atomic mass is 32.1. The molecule has 0 saturated heterocycles. The van der Waals surface area contributed by atoms with E-state index in [1.54, 1.807) is 6.92 Å². The molecule has 7 nitrogen and oxygen atoms in total. The smallest absolute Gasteiger partial charge is 0.355 e. The summed E-state index contributed by atoms with van der Waals surface area (Å²) >= 11 is 1.15. The number of aromatic nitrogens is 1. The highest BCUT2D eigenvalue weighted by molar-refractivity contribution is 7.09. The van der Waals surface area contributed by atoms with Crippen molar-refractivity contribution in [1.82, 2.24) is 10.3 Å². The minimum absolute atomic E-state index is 0.0585. The number of hydrogen-bond donors (Lipinski definition) is 2. The van der Waals surface area contributed by atoms with Crippen molar-refractivity contribution in [2.24, 2.45) is 0 Å². The first-order valence-corrected chi connectivity index (χ1v) is 6.44. The molecule has 0 bridgehead atoms. The Bertz CT molecular complexity index is 685. The van der Waals surface area contributed by atoms with Crippen molar-refractivity contribution in [2.45, 2.75) is 13.0 Å². The Balaban J connectivity index is 2.08. The second kappa shape index (κ2) is 5.66. The molecule has 104 valence electrons. The molecule has 2 rings (SSSR count). The standard InChI is InChI=1S/C12H10N2O5S/c1-6(11-14-8(5-20-11)12(17)18)13-10(16)7-2-3-9(15)19-4-7/h2-6H,1H3,(H,13,16)(H,17,18). The molecule has 2 N–H and O–H groups in total. The number of nitrogens with one attached hydrogen (secondary N) is 1. The van der Waals surface area contributed by atoms with Crippen LogP contribution in [0.15, 0.2) is 33.0 Å². The fourth-order valence-corrected chi connectivity index (χ4v) is 2.21. The molecule has 1 atom stereocenters. The van der Waals surface area contributed by atoms with E-state index >= 15 is 0 Å². The topological polar surface area (TPSA) is 110 Å². The molecule has 1 unspecified atom stereocenters. The van der Waals surface area contributed by atoms with Gasteiger partial charge in [-0.1, -0.05) is 0 Å². The number of hydrogen-bond acceptors (Lipinski definition) is 6. The summed E-state index contributed by atoms with van der Waals surface area (Å²) in [6, 6.07) is 2.04. The molecule has 0 saturated carbocycles. The number of nitrogens with zero attached hydrogens (tertiary/aromatic N) is 1. The molecule has 0 aliphatic rings. The van der Waals surface area contributed by atoms with Gasteiger partial charge in [0.25, 0.3) is 5.91 Å². The summed E-state index contributed by atoms with van der Waals surface area (Å²) in [5, 5.41) is 13.3. The van der Waals surface area contributed by atoms with Gasteiger partial charge in [0.2, 0.25) is 0 Å². The minimum Gasteiger partial charge on any atom is -0.476 e. The number of carbonyl (C=O) groups is 2. The number of carboxylic acids is 1. The van der Waals surface area contributed by atoms with Crippen LogP contribution in [0, 0.1) is 0 Å². The molecule has 0 aliphatic heterocycles. The number of rotatable bonds is 4. The van der Waals surface area contributed by atoms with E-state index in [0.717, 1.165) is 23.7 Å². The zero-order valence-corrected chi connectivity index (χ0v) is 11.1. The fourth-order valence-electron chi connectivity index (χ4n) is 1.41. The van der Waals surface area contributed by atoms with E-state index in [0.29, 0.717) is 5.01 Å². The van der Waals surface area contributed by atoms with Crippen molar-refractivity contribution in [3.8, 4) is 0 Å². The van der Waals surface area contributed by atoms with Gasteiger partial charge in [0.15, 0.2) is 5.69 Å². The molecular formula is C12H10N2O5S. The zero-order chi connectivity index (χ0) is 14.7. The lowest BCUT2D eigenvalue weighted by molar-refractivity contribution is 0.0691. The average Bonchev–Trinajstić information content (AvgIpc) is 2.89. The van der Waals surface area contributed by atoms with Crippen molar-refractivity contribution in [2.75, 3.05) is 0 Å². The van der Waals surface area contributed by atoms with Crippen molar-refractivity contribution in [3.63, 3.8) is 0 Å². The van der Waals surface area contributed by atoms with Gasteiger partial charge in [0, 0.05) is 11.4 Å². The summed E-state index contributed by atoms with van der Waals surface area (Å²) < 4.78 is 4.60. The van der Waals surface area contributed by atoms with Gasteiger partial charge in [-0.3, -0.25) is 4.79 Å². The van der Waals surface area contributed by atoms with E-state index < -0.39 is 23.5 Å². The van der Waals surface area contributed by atoms with Gasteiger partial charge >= 0.3 is 11.6 Å². The molecule has 0 radical (unpaired) electrons. The number of aromatic carboxylic acids is 1. The van der Waals surface area contributed by atoms with Crippen molar-refractivity contribution < 1.29 is 19.1 Å². The van der Waals surface area contributed by atoms with Gasteiger partial charge in [-0.05, 0) is 13.0 Å². The number of carbonyl (C=O) groups excluding carboxylic acids is 1. The van der Waals surface area contributed by atoms with Crippen molar-refractivity contribution in [3.05, 3.63) is 50.5 Å². The second-order valence-electron chi connectivity index (χ2n) is 3.91. The minimum atomic E-state index is -1.11. The maximum absolute atomic E-state index is 11.9. The van der Waals surface area contributed by atoms with E-state index in [1.807, 2.05) is 0 Å². The third kappa shape index (κ3) is 3.09. The Hall–Kier alpha value is -2.48. The number of carboxylic acid groups (broad SMARTS) is 1. The summed E-state index contributed by atoms with van der Waals surface area (Å²) in [6.07, 6.45) is 1.06. The molecule has 0 aliphatic carbocycles. The molecule has 2 heterocycles. The van der Waals surface area contributed by atoms with E-state index in [-0.39, 0.29) is 11.3 Å². The Morgan fingerprint density at radius 1 is 1.45 bits per heavy atom. The third-order valence-electron chi connectivity index (χ3n) is 2.42. The lowest BCUT2D eigenvalue weighted by Crippen LogP contribution is -2.26.